The molecule has 8 heteroatoms. The number of aliphatic imine (C=N–C) groups is 1. The average molecular weight is 578 g/mol. The summed E-state index contributed by atoms with van der Waals surface area (Å²) in [5, 5.41) is 12.6. The number of hydrogen-bond donors (Lipinski definition) is 3. The Morgan fingerprint density at radius 3 is 2.67 bits per heavy atom. The lowest BCUT2D eigenvalue weighted by Gasteiger charge is -2.11. The second kappa shape index (κ2) is 12.2. The van der Waals surface area contributed by atoms with Crippen molar-refractivity contribution in [3.63, 3.8) is 0 Å². The van der Waals surface area contributed by atoms with Crippen molar-refractivity contribution in [1.29, 1.82) is 0 Å². The largest absolute Gasteiger partial charge is 0.356 e. The molecule has 6 rings (SSSR count). The molecule has 0 atom stereocenters. The van der Waals surface area contributed by atoms with Crippen molar-refractivity contribution in [2.45, 2.75) is 58.9 Å². The first kappa shape index (κ1) is 28.2. The Hall–Kier alpha value is -3.88. The maximum atomic E-state index is 4.75. The normalized spacial score (nSPS) is 14.5. The summed E-state index contributed by atoms with van der Waals surface area (Å²) in [5.74, 6) is 1.10. The zero-order valence-corrected chi connectivity index (χ0v) is 25.7. The van der Waals surface area contributed by atoms with Crippen molar-refractivity contribution >= 4 is 33.5 Å². The average Bonchev–Trinajstić information content (AvgIpc) is 3.80. The summed E-state index contributed by atoms with van der Waals surface area (Å²) in [5.41, 5.74) is 10.1. The lowest BCUT2D eigenvalue weighted by molar-refractivity contribution is 0.489. The highest BCUT2D eigenvalue weighted by Gasteiger charge is 2.22. The lowest BCUT2D eigenvalue weighted by atomic mass is 10.0. The molecule has 0 radical (unpaired) electrons. The minimum atomic E-state index is 0.282. The SMILES string of the molecule is C=C(C)c1ccc(C(=NC)c2cc(-c3n[nH]c4cnc(-c5cncc(CNCC6CCCC6)c5)cc34)[nH]c2C(C)C)s1. The number of nitrogens with zero attached hydrogens (tertiary/aromatic N) is 4. The van der Waals surface area contributed by atoms with E-state index < -0.39 is 0 Å². The van der Waals surface area contributed by atoms with Crippen LogP contribution < -0.4 is 5.32 Å². The van der Waals surface area contributed by atoms with Crippen LogP contribution in [0.5, 0.6) is 0 Å². The summed E-state index contributed by atoms with van der Waals surface area (Å²) in [6.45, 7) is 12.5. The number of hydrogen-bond acceptors (Lipinski definition) is 6. The first-order valence-electron chi connectivity index (χ1n) is 14.9. The molecule has 5 aromatic heterocycles. The Morgan fingerprint density at radius 1 is 1.12 bits per heavy atom. The third-order valence-electron chi connectivity index (χ3n) is 8.19. The predicted molar refractivity (Wildman–Crippen MR) is 175 cm³/mol. The lowest BCUT2D eigenvalue weighted by Crippen LogP contribution is -2.20. The van der Waals surface area contributed by atoms with Crippen molar-refractivity contribution < 1.29 is 0 Å². The highest BCUT2D eigenvalue weighted by Crippen LogP contribution is 2.34. The van der Waals surface area contributed by atoms with Crippen molar-refractivity contribution in [3.8, 4) is 22.6 Å². The van der Waals surface area contributed by atoms with Crippen LogP contribution in [0.25, 0.3) is 39.1 Å². The minimum absolute atomic E-state index is 0.282. The van der Waals surface area contributed by atoms with Gasteiger partial charge in [0, 0.05) is 53.1 Å². The van der Waals surface area contributed by atoms with Gasteiger partial charge in [-0.3, -0.25) is 20.1 Å². The van der Waals surface area contributed by atoms with Crippen LogP contribution in [-0.2, 0) is 6.54 Å². The maximum absolute atomic E-state index is 4.75. The third-order valence-corrected chi connectivity index (χ3v) is 9.45. The Kier molecular flexibility index (Phi) is 8.18. The van der Waals surface area contributed by atoms with E-state index in [1.165, 1.54) is 36.1 Å². The van der Waals surface area contributed by atoms with Crippen LogP contribution >= 0.6 is 11.3 Å². The van der Waals surface area contributed by atoms with Gasteiger partial charge in [0.05, 0.1) is 33.7 Å². The smallest absolute Gasteiger partial charge is 0.116 e. The highest BCUT2D eigenvalue weighted by molar-refractivity contribution is 7.15. The van der Waals surface area contributed by atoms with Crippen molar-refractivity contribution in [2.24, 2.45) is 10.9 Å². The molecule has 0 spiro atoms. The van der Waals surface area contributed by atoms with Gasteiger partial charge in [-0.2, -0.15) is 5.10 Å². The van der Waals surface area contributed by atoms with Gasteiger partial charge in [-0.25, -0.2) is 0 Å². The standard InChI is InChI=1S/C34H39N7S/c1-20(2)30-10-11-31(42-30)34(35-5)26-14-28(39-32(26)21(3)4)33-25-13-27(38-19-29(25)40-41-33)24-12-23(17-37-18-24)16-36-15-22-8-6-7-9-22/h10-14,17-19,21-22,36,39H,1,6-9,15-16H2,2-5H3,(H,40,41). The number of rotatable bonds is 10. The van der Waals surface area contributed by atoms with Gasteiger partial charge >= 0.3 is 0 Å². The number of aromatic amines is 2. The minimum Gasteiger partial charge on any atom is -0.356 e. The van der Waals surface area contributed by atoms with Gasteiger partial charge < -0.3 is 10.3 Å². The molecule has 3 N–H and O–H groups in total. The summed E-state index contributed by atoms with van der Waals surface area (Å²) < 4.78 is 0. The zero-order chi connectivity index (χ0) is 29.2. The molecule has 1 fully saturated rings. The van der Waals surface area contributed by atoms with Gasteiger partial charge in [0.1, 0.15) is 5.69 Å². The van der Waals surface area contributed by atoms with Crippen molar-refractivity contribution in [2.75, 3.05) is 13.6 Å². The second-order valence-electron chi connectivity index (χ2n) is 11.7. The molecule has 1 aliphatic carbocycles. The summed E-state index contributed by atoms with van der Waals surface area (Å²) in [6, 6.07) is 10.8. The Labute approximate surface area is 251 Å². The fraction of sp³-hybridized carbons (Fsp3) is 0.353. The number of allylic oxidation sites excluding steroid dienone is 1. The Balaban J connectivity index is 1.31. The third kappa shape index (κ3) is 5.74. The van der Waals surface area contributed by atoms with Crippen LogP contribution in [0, 0.1) is 5.92 Å². The van der Waals surface area contributed by atoms with Gasteiger partial charge in [-0.05, 0) is 79.6 Å². The predicted octanol–water partition coefficient (Wildman–Crippen LogP) is 7.98. The number of aromatic nitrogens is 5. The zero-order valence-electron chi connectivity index (χ0n) is 24.9. The summed E-state index contributed by atoms with van der Waals surface area (Å²) in [7, 11) is 1.86. The van der Waals surface area contributed by atoms with Gasteiger partial charge in [0.25, 0.3) is 0 Å². The molecule has 0 amide bonds. The topological polar surface area (TPSA) is 94.6 Å². The maximum Gasteiger partial charge on any atom is 0.116 e. The number of pyridine rings is 2. The van der Waals surface area contributed by atoms with Crippen molar-refractivity contribution in [3.05, 3.63) is 82.1 Å². The van der Waals surface area contributed by atoms with E-state index >= 15 is 0 Å². The molecular formula is C34H39N7S. The fourth-order valence-corrected chi connectivity index (χ4v) is 6.93. The summed E-state index contributed by atoms with van der Waals surface area (Å²) in [4.78, 5) is 20.0. The molecule has 5 heterocycles. The Bertz CT molecular complexity index is 1750. The molecule has 5 aromatic rings. The van der Waals surface area contributed by atoms with Crippen LogP contribution in [-0.4, -0.2) is 44.5 Å². The van der Waals surface area contributed by atoms with Gasteiger partial charge in [0.15, 0.2) is 0 Å². The van der Waals surface area contributed by atoms with Gasteiger partial charge in [-0.1, -0.05) is 33.3 Å². The van der Waals surface area contributed by atoms with E-state index in [0.717, 1.165) is 80.0 Å². The molecule has 1 aliphatic rings. The summed E-state index contributed by atoms with van der Waals surface area (Å²) in [6.07, 6.45) is 11.1. The molecule has 0 bridgehead atoms. The van der Waals surface area contributed by atoms with Crippen molar-refractivity contribution in [1.82, 2.24) is 30.5 Å². The van der Waals surface area contributed by atoms with E-state index in [1.807, 2.05) is 32.6 Å². The van der Waals surface area contributed by atoms with Crippen LogP contribution in [0.1, 0.15) is 78.9 Å². The fourth-order valence-electron chi connectivity index (χ4n) is 5.95. The van der Waals surface area contributed by atoms with Gasteiger partial charge in [-0.15, -0.1) is 11.3 Å². The molecule has 1 saturated carbocycles. The van der Waals surface area contributed by atoms with E-state index in [-0.39, 0.29) is 5.92 Å². The first-order chi connectivity index (χ1) is 20.4. The van der Waals surface area contributed by atoms with Crippen LogP contribution in [0.2, 0.25) is 0 Å². The van der Waals surface area contributed by atoms with Crippen LogP contribution in [0.15, 0.2) is 60.5 Å². The first-order valence-corrected chi connectivity index (χ1v) is 15.7. The molecule has 42 heavy (non-hydrogen) atoms. The van der Waals surface area contributed by atoms with Crippen LogP contribution in [0.3, 0.4) is 0 Å². The number of nitrogens with one attached hydrogen (secondary N) is 3. The van der Waals surface area contributed by atoms with E-state index in [1.54, 1.807) is 11.3 Å². The van der Waals surface area contributed by atoms with Crippen LogP contribution in [0.4, 0.5) is 0 Å². The van der Waals surface area contributed by atoms with E-state index in [0.29, 0.717) is 0 Å². The quantitative estimate of drug-likeness (QED) is 0.147. The molecule has 0 aliphatic heterocycles. The van der Waals surface area contributed by atoms with Gasteiger partial charge in [0.2, 0.25) is 0 Å². The monoisotopic (exact) mass is 577 g/mol. The molecular weight excluding hydrogens is 538 g/mol. The van der Waals surface area contributed by atoms with E-state index in [9.17, 15) is 0 Å². The molecule has 7 nitrogen and oxygen atoms in total. The molecule has 0 unspecified atom stereocenters. The van der Waals surface area contributed by atoms with E-state index in [4.69, 9.17) is 15.1 Å². The Morgan fingerprint density at radius 2 is 1.93 bits per heavy atom. The number of H-pyrrole nitrogens is 2. The molecule has 0 aromatic carbocycles. The molecule has 216 valence electrons. The molecule has 0 saturated heterocycles. The number of fused-ring (bicyclic) bond motifs is 1. The number of thiophene rings is 1. The summed E-state index contributed by atoms with van der Waals surface area (Å²) >= 11 is 1.73. The van der Waals surface area contributed by atoms with E-state index in [2.05, 4.69) is 71.1 Å². The second-order valence-corrected chi connectivity index (χ2v) is 12.8. The highest BCUT2D eigenvalue weighted by atomic mass is 32.1.